The Bertz CT molecular complexity index is 1140. The molecule has 2 aromatic heterocycles. The van der Waals surface area contributed by atoms with Crippen LogP contribution >= 0.6 is 0 Å². The second-order valence-corrected chi connectivity index (χ2v) is 8.78. The van der Waals surface area contributed by atoms with Crippen LogP contribution in [0.25, 0.3) is 22.4 Å². The molecule has 2 N–H and O–H groups in total. The SMILES string of the molecule is COc1ccc(-c2cnc3nc(N)nc(N4CCN(CCN5CCCC5)CC4)c3n2)cc1OC. The summed E-state index contributed by atoms with van der Waals surface area (Å²) in [6.07, 6.45) is 4.38. The molecule has 0 unspecified atom stereocenters. The van der Waals surface area contributed by atoms with Gasteiger partial charge in [0, 0.05) is 44.8 Å². The zero-order chi connectivity index (χ0) is 23.5. The fourth-order valence-electron chi connectivity index (χ4n) is 4.74. The number of anilines is 2. The molecule has 180 valence electrons. The van der Waals surface area contributed by atoms with Gasteiger partial charge in [-0.3, -0.25) is 4.90 Å². The monoisotopic (exact) mass is 464 g/mol. The molecular weight excluding hydrogens is 432 g/mol. The number of fused-ring (bicyclic) bond motifs is 1. The van der Waals surface area contributed by atoms with Gasteiger partial charge in [0.2, 0.25) is 5.95 Å². The van der Waals surface area contributed by atoms with Crippen LogP contribution in [0, 0.1) is 0 Å². The molecule has 2 fully saturated rings. The highest BCUT2D eigenvalue weighted by molar-refractivity contribution is 5.86. The second-order valence-electron chi connectivity index (χ2n) is 8.78. The van der Waals surface area contributed by atoms with Crippen LogP contribution in [0.4, 0.5) is 11.8 Å². The van der Waals surface area contributed by atoms with E-state index in [9.17, 15) is 0 Å². The number of likely N-dealkylation sites (tertiary alicyclic amines) is 1. The van der Waals surface area contributed by atoms with Gasteiger partial charge in [0.05, 0.1) is 26.1 Å². The largest absolute Gasteiger partial charge is 0.493 e. The van der Waals surface area contributed by atoms with Crippen molar-refractivity contribution in [2.45, 2.75) is 12.8 Å². The van der Waals surface area contributed by atoms with Crippen LogP contribution in [-0.4, -0.2) is 96.3 Å². The molecule has 2 saturated heterocycles. The van der Waals surface area contributed by atoms with Gasteiger partial charge in [0.25, 0.3) is 0 Å². The van der Waals surface area contributed by atoms with Crippen molar-refractivity contribution in [1.29, 1.82) is 0 Å². The van der Waals surface area contributed by atoms with Crippen molar-refractivity contribution in [3.05, 3.63) is 24.4 Å². The van der Waals surface area contributed by atoms with E-state index in [1.807, 2.05) is 18.2 Å². The molecule has 0 amide bonds. The Morgan fingerprint density at radius 3 is 2.26 bits per heavy atom. The predicted molar refractivity (Wildman–Crippen MR) is 132 cm³/mol. The van der Waals surface area contributed by atoms with E-state index >= 15 is 0 Å². The van der Waals surface area contributed by atoms with Gasteiger partial charge in [-0.2, -0.15) is 9.97 Å². The van der Waals surface area contributed by atoms with Crippen LogP contribution in [0.1, 0.15) is 12.8 Å². The van der Waals surface area contributed by atoms with Crippen molar-refractivity contribution in [3.63, 3.8) is 0 Å². The third kappa shape index (κ3) is 4.69. The average Bonchev–Trinajstić information content (AvgIpc) is 3.40. The molecule has 2 aliphatic rings. The molecule has 0 saturated carbocycles. The Balaban J connectivity index is 1.37. The first-order valence-corrected chi connectivity index (χ1v) is 11.9. The molecule has 0 atom stereocenters. The minimum Gasteiger partial charge on any atom is -0.493 e. The highest BCUT2D eigenvalue weighted by Gasteiger charge is 2.23. The number of nitrogens with two attached hydrogens (primary N) is 1. The highest BCUT2D eigenvalue weighted by Crippen LogP contribution is 2.32. The summed E-state index contributed by atoms with van der Waals surface area (Å²) in [7, 11) is 3.24. The number of hydrogen-bond acceptors (Lipinski definition) is 10. The molecule has 10 nitrogen and oxygen atoms in total. The number of nitrogens with zero attached hydrogens (tertiary/aromatic N) is 7. The maximum atomic E-state index is 6.03. The van der Waals surface area contributed by atoms with Crippen LogP contribution in [0.2, 0.25) is 0 Å². The number of methoxy groups -OCH3 is 2. The molecule has 34 heavy (non-hydrogen) atoms. The summed E-state index contributed by atoms with van der Waals surface area (Å²) in [6, 6.07) is 5.70. The summed E-state index contributed by atoms with van der Waals surface area (Å²) in [5, 5.41) is 0. The summed E-state index contributed by atoms with van der Waals surface area (Å²) in [5.74, 6) is 2.27. The highest BCUT2D eigenvalue weighted by atomic mass is 16.5. The number of ether oxygens (including phenoxy) is 2. The number of benzene rings is 1. The van der Waals surface area contributed by atoms with Gasteiger partial charge in [-0.25, -0.2) is 9.97 Å². The van der Waals surface area contributed by atoms with E-state index in [1.54, 1.807) is 20.4 Å². The molecule has 3 aromatic rings. The first-order chi connectivity index (χ1) is 16.6. The lowest BCUT2D eigenvalue weighted by molar-refractivity contribution is 0.215. The molecule has 10 heteroatoms. The summed E-state index contributed by atoms with van der Waals surface area (Å²) < 4.78 is 10.8. The van der Waals surface area contributed by atoms with Crippen LogP contribution < -0.4 is 20.1 Å². The maximum absolute atomic E-state index is 6.03. The molecular formula is C24H32N8O2. The van der Waals surface area contributed by atoms with Crippen molar-refractivity contribution in [2.24, 2.45) is 0 Å². The lowest BCUT2D eigenvalue weighted by atomic mass is 10.1. The van der Waals surface area contributed by atoms with Gasteiger partial charge >= 0.3 is 0 Å². The molecule has 0 spiro atoms. The molecule has 1 aromatic carbocycles. The third-order valence-corrected chi connectivity index (χ3v) is 6.69. The van der Waals surface area contributed by atoms with Crippen LogP contribution in [0.5, 0.6) is 11.5 Å². The minimum absolute atomic E-state index is 0.215. The first kappa shape index (κ1) is 22.5. The zero-order valence-corrected chi connectivity index (χ0v) is 19.9. The summed E-state index contributed by atoms with van der Waals surface area (Å²) in [6.45, 7) is 8.47. The fourth-order valence-corrected chi connectivity index (χ4v) is 4.74. The maximum Gasteiger partial charge on any atom is 0.224 e. The topological polar surface area (TPSA) is 106 Å². The third-order valence-electron chi connectivity index (χ3n) is 6.69. The smallest absolute Gasteiger partial charge is 0.224 e. The Kier molecular flexibility index (Phi) is 6.59. The van der Waals surface area contributed by atoms with Gasteiger partial charge in [-0.05, 0) is 44.1 Å². The Hall–Kier alpha value is -3.24. The minimum atomic E-state index is 0.215. The van der Waals surface area contributed by atoms with Gasteiger partial charge in [-0.1, -0.05) is 0 Å². The number of rotatable bonds is 7. The quantitative estimate of drug-likeness (QED) is 0.557. The number of hydrogen-bond donors (Lipinski definition) is 1. The van der Waals surface area contributed by atoms with Gasteiger partial charge < -0.3 is 25.0 Å². The first-order valence-electron chi connectivity index (χ1n) is 11.9. The van der Waals surface area contributed by atoms with Crippen molar-refractivity contribution in [1.82, 2.24) is 29.7 Å². The Labute approximate surface area is 199 Å². The second kappa shape index (κ2) is 9.94. The van der Waals surface area contributed by atoms with Gasteiger partial charge in [0.15, 0.2) is 28.5 Å². The average molecular weight is 465 g/mol. The van der Waals surface area contributed by atoms with Crippen molar-refractivity contribution < 1.29 is 9.47 Å². The number of aromatic nitrogens is 4. The summed E-state index contributed by atoms with van der Waals surface area (Å²) in [5.41, 5.74) is 8.79. The van der Waals surface area contributed by atoms with Crippen molar-refractivity contribution in [3.8, 4) is 22.8 Å². The Morgan fingerprint density at radius 1 is 0.853 bits per heavy atom. The van der Waals surface area contributed by atoms with E-state index in [4.69, 9.17) is 20.2 Å². The summed E-state index contributed by atoms with van der Waals surface area (Å²) >= 11 is 0. The van der Waals surface area contributed by atoms with E-state index in [1.165, 1.54) is 25.9 Å². The predicted octanol–water partition coefficient (Wildman–Crippen LogP) is 1.90. The molecule has 0 bridgehead atoms. The lowest BCUT2D eigenvalue weighted by Gasteiger charge is -2.36. The van der Waals surface area contributed by atoms with Crippen LogP contribution in [-0.2, 0) is 0 Å². The molecule has 2 aliphatic heterocycles. The van der Waals surface area contributed by atoms with Gasteiger partial charge in [-0.15, -0.1) is 0 Å². The van der Waals surface area contributed by atoms with Crippen LogP contribution in [0.15, 0.2) is 24.4 Å². The fraction of sp³-hybridized carbons (Fsp3) is 0.500. The van der Waals surface area contributed by atoms with E-state index in [-0.39, 0.29) is 5.95 Å². The van der Waals surface area contributed by atoms with E-state index in [2.05, 4.69) is 29.7 Å². The molecule has 0 radical (unpaired) electrons. The molecule has 5 rings (SSSR count). The zero-order valence-electron chi connectivity index (χ0n) is 19.9. The number of piperazine rings is 1. The van der Waals surface area contributed by atoms with E-state index in [0.29, 0.717) is 28.4 Å². The summed E-state index contributed by atoms with van der Waals surface area (Å²) in [4.78, 5) is 25.7. The molecule has 0 aliphatic carbocycles. The lowest BCUT2D eigenvalue weighted by Crippen LogP contribution is -2.48. The van der Waals surface area contributed by atoms with Crippen molar-refractivity contribution >= 4 is 22.9 Å². The Morgan fingerprint density at radius 2 is 1.56 bits per heavy atom. The standard InChI is InChI=1S/C24H32N8O2/c1-33-19-6-5-17(15-20(19)34-2)18-16-26-22-21(27-18)23(29-24(25)28-22)32-13-11-31(12-14-32)10-9-30-7-3-4-8-30/h5-6,15-16H,3-4,7-14H2,1-2H3,(H2,25,26,28,29). The number of nitrogen functional groups attached to an aromatic ring is 1. The molecule has 4 heterocycles. The normalized spacial score (nSPS) is 17.4. The van der Waals surface area contributed by atoms with E-state index in [0.717, 1.165) is 50.6 Å². The van der Waals surface area contributed by atoms with Crippen molar-refractivity contribution in [2.75, 3.05) is 77.2 Å². The van der Waals surface area contributed by atoms with E-state index < -0.39 is 0 Å². The van der Waals surface area contributed by atoms with Gasteiger partial charge in [0.1, 0.15) is 0 Å². The van der Waals surface area contributed by atoms with Crippen LogP contribution in [0.3, 0.4) is 0 Å².